The Labute approximate surface area is 92.9 Å². The first kappa shape index (κ1) is 9.53. The van der Waals surface area contributed by atoms with Crippen molar-refractivity contribution in [1.29, 1.82) is 0 Å². The Morgan fingerprint density at radius 2 is 2.31 bits per heavy atom. The maximum absolute atomic E-state index is 4.25. The van der Waals surface area contributed by atoms with Crippen molar-refractivity contribution in [3.05, 3.63) is 12.7 Å². The molecule has 2 aromatic heterocycles. The van der Waals surface area contributed by atoms with Gasteiger partial charge in [-0.2, -0.15) is 0 Å². The molecule has 0 saturated carbocycles. The molecule has 1 fully saturated rings. The van der Waals surface area contributed by atoms with Gasteiger partial charge in [0.05, 0.1) is 6.33 Å². The van der Waals surface area contributed by atoms with Crippen LogP contribution in [0.3, 0.4) is 0 Å². The van der Waals surface area contributed by atoms with Crippen molar-refractivity contribution >= 4 is 17.0 Å². The Balaban J connectivity index is 1.85. The number of anilines is 1. The zero-order valence-corrected chi connectivity index (χ0v) is 8.90. The van der Waals surface area contributed by atoms with E-state index in [2.05, 4.69) is 30.6 Å². The molecule has 0 aliphatic carbocycles. The number of nitrogens with zero attached hydrogens (tertiary/aromatic N) is 3. The molecule has 3 heterocycles. The number of aromatic nitrogens is 4. The molecule has 0 amide bonds. The summed E-state index contributed by atoms with van der Waals surface area (Å²) in [6.45, 7) is 2.10. The zero-order chi connectivity index (χ0) is 10.8. The molecule has 1 saturated heterocycles. The van der Waals surface area contributed by atoms with Crippen LogP contribution in [0.25, 0.3) is 11.2 Å². The third-order valence-corrected chi connectivity index (χ3v) is 2.86. The van der Waals surface area contributed by atoms with E-state index in [4.69, 9.17) is 0 Å². The van der Waals surface area contributed by atoms with Crippen molar-refractivity contribution in [2.45, 2.75) is 18.9 Å². The molecule has 16 heavy (non-hydrogen) atoms. The van der Waals surface area contributed by atoms with E-state index in [9.17, 15) is 0 Å². The second-order valence-electron chi connectivity index (χ2n) is 4.01. The molecule has 3 rings (SSSR count). The highest BCUT2D eigenvalue weighted by atomic mass is 15.1. The molecule has 0 radical (unpaired) electrons. The van der Waals surface area contributed by atoms with Crippen LogP contribution in [0, 0.1) is 0 Å². The average molecular weight is 218 g/mol. The predicted octanol–water partition coefficient (Wildman–Crippen LogP) is 0.517. The van der Waals surface area contributed by atoms with Gasteiger partial charge in [0.1, 0.15) is 11.8 Å². The van der Waals surface area contributed by atoms with Gasteiger partial charge in [0, 0.05) is 12.6 Å². The normalized spacial score (nSPS) is 21.1. The number of hydrogen-bond acceptors (Lipinski definition) is 5. The van der Waals surface area contributed by atoms with Crippen LogP contribution < -0.4 is 10.6 Å². The van der Waals surface area contributed by atoms with Gasteiger partial charge in [0.2, 0.25) is 0 Å². The van der Waals surface area contributed by atoms with Gasteiger partial charge >= 0.3 is 0 Å². The van der Waals surface area contributed by atoms with Gasteiger partial charge in [-0.3, -0.25) is 0 Å². The van der Waals surface area contributed by atoms with Crippen molar-refractivity contribution in [2.24, 2.45) is 0 Å². The minimum Gasteiger partial charge on any atom is -0.364 e. The van der Waals surface area contributed by atoms with Crippen molar-refractivity contribution < 1.29 is 0 Å². The van der Waals surface area contributed by atoms with Gasteiger partial charge in [-0.25, -0.2) is 15.0 Å². The van der Waals surface area contributed by atoms with E-state index in [1.165, 1.54) is 12.8 Å². The van der Waals surface area contributed by atoms with E-state index in [1.54, 1.807) is 12.7 Å². The number of nitrogens with one attached hydrogen (secondary N) is 3. The minimum absolute atomic E-state index is 0.440. The molecule has 0 spiro atoms. The van der Waals surface area contributed by atoms with E-state index >= 15 is 0 Å². The van der Waals surface area contributed by atoms with Crippen LogP contribution >= 0.6 is 0 Å². The maximum Gasteiger partial charge on any atom is 0.182 e. The van der Waals surface area contributed by atoms with E-state index < -0.39 is 0 Å². The summed E-state index contributed by atoms with van der Waals surface area (Å²) in [4.78, 5) is 15.5. The van der Waals surface area contributed by atoms with E-state index in [1.807, 2.05) is 0 Å². The maximum atomic E-state index is 4.25. The second kappa shape index (κ2) is 4.05. The summed E-state index contributed by atoms with van der Waals surface area (Å²) in [5, 5.41) is 6.79. The summed E-state index contributed by atoms with van der Waals surface area (Å²) < 4.78 is 0. The Kier molecular flexibility index (Phi) is 2.41. The van der Waals surface area contributed by atoms with Crippen LogP contribution in [-0.2, 0) is 0 Å². The molecule has 1 aliphatic rings. The molecule has 84 valence electrons. The van der Waals surface area contributed by atoms with Crippen LogP contribution in [0.5, 0.6) is 0 Å². The van der Waals surface area contributed by atoms with Crippen LogP contribution in [0.1, 0.15) is 12.8 Å². The van der Waals surface area contributed by atoms with Gasteiger partial charge in [-0.15, -0.1) is 0 Å². The lowest BCUT2D eigenvalue weighted by molar-refractivity contribution is 0.479. The molecule has 1 aliphatic heterocycles. The fourth-order valence-electron chi connectivity index (χ4n) is 2.04. The molecular weight excluding hydrogens is 204 g/mol. The number of hydrogen-bond donors (Lipinski definition) is 3. The highest BCUT2D eigenvalue weighted by Crippen LogP contribution is 2.17. The summed E-state index contributed by atoms with van der Waals surface area (Å²) in [5.41, 5.74) is 1.59. The summed E-state index contributed by atoms with van der Waals surface area (Å²) in [6.07, 6.45) is 5.56. The number of aromatic amines is 1. The van der Waals surface area contributed by atoms with Crippen molar-refractivity contribution in [3.63, 3.8) is 0 Å². The first-order valence-corrected chi connectivity index (χ1v) is 5.55. The predicted molar refractivity (Wildman–Crippen MR) is 61.2 cm³/mol. The highest BCUT2D eigenvalue weighted by molar-refractivity contribution is 5.82. The first-order valence-electron chi connectivity index (χ1n) is 5.55. The number of piperidine rings is 1. The van der Waals surface area contributed by atoms with E-state index in [-0.39, 0.29) is 0 Å². The smallest absolute Gasteiger partial charge is 0.182 e. The Morgan fingerprint density at radius 3 is 3.19 bits per heavy atom. The number of imidazole rings is 1. The van der Waals surface area contributed by atoms with Gasteiger partial charge < -0.3 is 15.6 Å². The average Bonchev–Trinajstić information content (AvgIpc) is 2.80. The van der Waals surface area contributed by atoms with Gasteiger partial charge in [0.15, 0.2) is 11.5 Å². The third-order valence-electron chi connectivity index (χ3n) is 2.86. The van der Waals surface area contributed by atoms with Crippen LogP contribution in [-0.4, -0.2) is 39.1 Å². The monoisotopic (exact) mass is 218 g/mol. The zero-order valence-electron chi connectivity index (χ0n) is 8.90. The van der Waals surface area contributed by atoms with Crippen LogP contribution in [0.15, 0.2) is 12.7 Å². The molecule has 2 aromatic rings. The fourth-order valence-corrected chi connectivity index (χ4v) is 2.04. The molecule has 0 aromatic carbocycles. The molecular formula is C10H14N6. The van der Waals surface area contributed by atoms with Gasteiger partial charge in [-0.05, 0) is 19.4 Å². The van der Waals surface area contributed by atoms with Gasteiger partial charge in [0.25, 0.3) is 0 Å². The molecule has 0 bridgehead atoms. The number of fused-ring (bicyclic) bond motifs is 1. The minimum atomic E-state index is 0.440. The Bertz CT molecular complexity index is 473. The van der Waals surface area contributed by atoms with Crippen molar-refractivity contribution in [1.82, 2.24) is 25.3 Å². The lowest BCUT2D eigenvalue weighted by Crippen LogP contribution is -2.38. The molecule has 3 N–H and O–H groups in total. The number of H-pyrrole nitrogens is 1. The highest BCUT2D eigenvalue weighted by Gasteiger charge is 2.14. The third kappa shape index (κ3) is 1.71. The molecule has 6 nitrogen and oxygen atoms in total. The van der Waals surface area contributed by atoms with E-state index in [0.29, 0.717) is 11.7 Å². The summed E-state index contributed by atoms with van der Waals surface area (Å²) >= 11 is 0. The summed E-state index contributed by atoms with van der Waals surface area (Å²) in [6, 6.07) is 0.440. The van der Waals surface area contributed by atoms with Crippen molar-refractivity contribution in [3.8, 4) is 0 Å². The quantitative estimate of drug-likeness (QED) is 0.684. The standard InChI is InChI=1S/C10H14N6/c1-2-7(4-11-3-1)16-10-8-9(13-5-12-8)14-6-15-10/h5-7,11H,1-4H2,(H2,12,13,14,15,16). The topological polar surface area (TPSA) is 78.5 Å². The Hall–Kier alpha value is -1.69. The summed E-state index contributed by atoms with van der Waals surface area (Å²) in [5.74, 6) is 0.844. The van der Waals surface area contributed by atoms with Crippen LogP contribution in [0.2, 0.25) is 0 Å². The number of rotatable bonds is 2. The van der Waals surface area contributed by atoms with Gasteiger partial charge in [-0.1, -0.05) is 0 Å². The Morgan fingerprint density at radius 1 is 1.31 bits per heavy atom. The molecule has 1 atom stereocenters. The SMILES string of the molecule is c1nc(NC2CCCNC2)c2[nH]cnc2n1. The van der Waals surface area contributed by atoms with E-state index in [0.717, 1.165) is 24.4 Å². The summed E-state index contributed by atoms with van der Waals surface area (Å²) in [7, 11) is 0. The molecule has 1 unspecified atom stereocenters. The molecule has 6 heteroatoms. The van der Waals surface area contributed by atoms with Crippen LogP contribution in [0.4, 0.5) is 5.82 Å². The lowest BCUT2D eigenvalue weighted by Gasteiger charge is -2.24. The first-order chi connectivity index (χ1) is 7.93. The lowest BCUT2D eigenvalue weighted by atomic mass is 10.1. The fraction of sp³-hybridized carbons (Fsp3) is 0.500. The second-order valence-corrected chi connectivity index (χ2v) is 4.01. The largest absolute Gasteiger partial charge is 0.364 e. The van der Waals surface area contributed by atoms with Crippen molar-refractivity contribution in [2.75, 3.05) is 18.4 Å².